The van der Waals surface area contributed by atoms with Crippen LogP contribution in [0.3, 0.4) is 0 Å². The summed E-state index contributed by atoms with van der Waals surface area (Å²) in [6.07, 6.45) is 10.2. The van der Waals surface area contributed by atoms with Crippen molar-refractivity contribution in [3.8, 4) is 0 Å². The van der Waals surface area contributed by atoms with E-state index in [1.165, 1.54) is 44.9 Å². The summed E-state index contributed by atoms with van der Waals surface area (Å²) in [6, 6.07) is 0. The van der Waals surface area contributed by atoms with E-state index in [0.717, 1.165) is 6.42 Å². The highest BCUT2D eigenvalue weighted by atomic mass is 32.2. The summed E-state index contributed by atoms with van der Waals surface area (Å²) < 4.78 is 11.1. The molecule has 0 spiro atoms. The average Bonchev–Trinajstić information content (AvgIpc) is 2.26. The van der Waals surface area contributed by atoms with Crippen LogP contribution in [0.1, 0.15) is 72.1 Å². The van der Waals surface area contributed by atoms with Crippen LogP contribution >= 0.6 is 0 Å². The molecule has 0 heterocycles. The van der Waals surface area contributed by atoms with Crippen LogP contribution in [-0.4, -0.2) is 9.80 Å². The fraction of sp³-hybridized carbons (Fsp3) is 1.00. The van der Waals surface area contributed by atoms with E-state index in [1.807, 2.05) is 6.92 Å². The number of hydrogen-bond acceptors (Lipinski definition) is 2. The van der Waals surface area contributed by atoms with Crippen molar-refractivity contribution in [3.05, 3.63) is 0 Å². The number of nitrogens with two attached hydrogens (primary N) is 1. The van der Waals surface area contributed by atoms with Gasteiger partial charge in [0.2, 0.25) is 0 Å². The first kappa shape index (κ1) is 16.3. The van der Waals surface area contributed by atoms with Gasteiger partial charge in [-0.1, -0.05) is 58.8 Å². The summed E-state index contributed by atoms with van der Waals surface area (Å²) in [6.45, 7) is 6.46. The van der Waals surface area contributed by atoms with E-state index in [-0.39, 0.29) is 5.25 Å². The molecule has 0 saturated carbocycles. The van der Waals surface area contributed by atoms with Crippen molar-refractivity contribution in [3.63, 3.8) is 0 Å². The van der Waals surface area contributed by atoms with Crippen molar-refractivity contribution in [2.75, 3.05) is 0 Å². The molecule has 0 aliphatic heterocycles. The van der Waals surface area contributed by atoms with Gasteiger partial charge in [0, 0.05) is 11.4 Å². The molecule has 3 unspecified atom stereocenters. The third-order valence-electron chi connectivity index (χ3n) is 3.36. The van der Waals surface area contributed by atoms with Crippen LogP contribution in [-0.2, 0) is 11.4 Å². The van der Waals surface area contributed by atoms with Gasteiger partial charge in [-0.15, -0.1) is 0 Å². The smallest absolute Gasteiger partial charge is 0.132 e. The van der Waals surface area contributed by atoms with Gasteiger partial charge in [0.1, 0.15) is 5.25 Å². The molecular weight excluding hydrogens is 218 g/mol. The molecule has 0 bridgehead atoms. The van der Waals surface area contributed by atoms with Gasteiger partial charge in [-0.05, 0) is 19.3 Å². The molecule has 0 aliphatic carbocycles. The summed E-state index contributed by atoms with van der Waals surface area (Å²) >= 11 is -1.14. The maximum Gasteiger partial charge on any atom is 0.132 e. The van der Waals surface area contributed by atoms with Gasteiger partial charge in [-0.2, -0.15) is 5.14 Å². The molecule has 0 rings (SSSR count). The molecule has 0 aromatic rings. The van der Waals surface area contributed by atoms with Crippen molar-refractivity contribution in [1.29, 1.82) is 0 Å². The Labute approximate surface area is 105 Å². The zero-order valence-electron chi connectivity index (χ0n) is 11.2. The van der Waals surface area contributed by atoms with Gasteiger partial charge in [0.25, 0.3) is 0 Å². The Kier molecular flexibility index (Phi) is 10.6. The van der Waals surface area contributed by atoms with Gasteiger partial charge in [-0.25, -0.2) is 0 Å². The molecule has 3 heteroatoms. The highest BCUT2D eigenvalue weighted by Crippen LogP contribution is 2.21. The predicted molar refractivity (Wildman–Crippen MR) is 73.6 cm³/mol. The number of hydrogen-bond donors (Lipinski definition) is 1. The molecule has 3 atom stereocenters. The molecule has 0 aliphatic rings. The van der Waals surface area contributed by atoms with E-state index in [2.05, 4.69) is 13.8 Å². The average molecular weight is 247 g/mol. The Morgan fingerprint density at radius 2 is 1.75 bits per heavy atom. The van der Waals surface area contributed by atoms with E-state index in [1.54, 1.807) is 0 Å². The van der Waals surface area contributed by atoms with Crippen LogP contribution in [0.2, 0.25) is 0 Å². The van der Waals surface area contributed by atoms with Gasteiger partial charge >= 0.3 is 0 Å². The second-order valence-corrected chi connectivity index (χ2v) is 6.31. The quantitative estimate of drug-likeness (QED) is 0.472. The molecule has 2 N–H and O–H groups in total. The summed E-state index contributed by atoms with van der Waals surface area (Å²) in [5.41, 5.74) is 0. The molecule has 0 amide bonds. The minimum absolute atomic E-state index is 0.153. The zero-order valence-corrected chi connectivity index (χ0v) is 12.0. The summed E-state index contributed by atoms with van der Waals surface area (Å²) in [5, 5.41) is 5.56. The first-order valence-corrected chi connectivity index (χ1v) is 8.04. The van der Waals surface area contributed by atoms with Crippen LogP contribution in [0.15, 0.2) is 0 Å². The molecule has 0 radical (unpaired) electrons. The van der Waals surface area contributed by atoms with Crippen molar-refractivity contribution >= 4 is 11.4 Å². The molecule has 0 saturated heterocycles. The molecule has 98 valence electrons. The van der Waals surface area contributed by atoms with E-state index >= 15 is 0 Å². The van der Waals surface area contributed by atoms with Crippen molar-refractivity contribution in [1.82, 2.24) is 0 Å². The topological polar surface area (TPSA) is 49.1 Å². The van der Waals surface area contributed by atoms with Gasteiger partial charge in [-0.3, -0.25) is 0 Å². The molecule has 0 aromatic heterocycles. The fourth-order valence-electron chi connectivity index (χ4n) is 2.09. The second-order valence-electron chi connectivity index (χ2n) is 4.85. The summed E-state index contributed by atoms with van der Waals surface area (Å²) in [5.74, 6) is 0.712. The van der Waals surface area contributed by atoms with E-state index in [9.17, 15) is 4.55 Å². The molecular formula is C13H29NOS. The van der Waals surface area contributed by atoms with Crippen LogP contribution in [0.5, 0.6) is 0 Å². The lowest BCUT2D eigenvalue weighted by Crippen LogP contribution is -2.27. The Balaban J connectivity index is 3.58. The monoisotopic (exact) mass is 247 g/mol. The predicted octanol–water partition coefficient (Wildman–Crippen LogP) is 3.77. The van der Waals surface area contributed by atoms with E-state index < -0.39 is 11.4 Å². The lowest BCUT2D eigenvalue weighted by atomic mass is 9.94. The van der Waals surface area contributed by atoms with Crippen LogP contribution in [0.25, 0.3) is 0 Å². The molecule has 0 aromatic carbocycles. The van der Waals surface area contributed by atoms with Crippen molar-refractivity contribution in [2.45, 2.75) is 77.4 Å². The van der Waals surface area contributed by atoms with Gasteiger partial charge < -0.3 is 4.55 Å². The van der Waals surface area contributed by atoms with E-state index in [4.69, 9.17) is 5.14 Å². The Morgan fingerprint density at radius 1 is 1.12 bits per heavy atom. The third-order valence-corrected chi connectivity index (χ3v) is 4.34. The standard InChI is InChI=1S/C13H29NOS/c1-4-6-7-8-9-10-13(5-2)11-12(3)16(14)15/h12-13H,4-11,14H2,1-3H3. The number of rotatable bonds is 10. The van der Waals surface area contributed by atoms with Crippen LogP contribution in [0.4, 0.5) is 0 Å². The Morgan fingerprint density at radius 3 is 2.25 bits per heavy atom. The van der Waals surface area contributed by atoms with Crippen molar-refractivity contribution in [2.24, 2.45) is 11.1 Å². The highest BCUT2D eigenvalue weighted by Gasteiger charge is 2.18. The largest absolute Gasteiger partial charge is 0.598 e. The lowest BCUT2D eigenvalue weighted by molar-refractivity contribution is 0.406. The first-order valence-electron chi connectivity index (χ1n) is 6.76. The van der Waals surface area contributed by atoms with Crippen LogP contribution in [0, 0.1) is 5.92 Å². The van der Waals surface area contributed by atoms with Crippen LogP contribution < -0.4 is 5.14 Å². The van der Waals surface area contributed by atoms with Gasteiger partial charge in [0.05, 0.1) is 0 Å². The SMILES string of the molecule is CCCCCCCC(CC)CC(C)[S+](N)[O-]. The maximum atomic E-state index is 11.1. The first-order chi connectivity index (χ1) is 7.61. The Bertz CT molecular complexity index is 153. The summed E-state index contributed by atoms with van der Waals surface area (Å²) in [7, 11) is 0. The number of unbranched alkanes of at least 4 members (excludes halogenated alkanes) is 4. The Hall–Kier alpha value is 0.270. The minimum Gasteiger partial charge on any atom is -0.598 e. The highest BCUT2D eigenvalue weighted by molar-refractivity contribution is 7.89. The zero-order chi connectivity index (χ0) is 12.4. The lowest BCUT2D eigenvalue weighted by Gasteiger charge is -2.19. The van der Waals surface area contributed by atoms with Crippen molar-refractivity contribution < 1.29 is 4.55 Å². The van der Waals surface area contributed by atoms with Gasteiger partial charge in [0.15, 0.2) is 0 Å². The molecule has 0 fully saturated rings. The minimum atomic E-state index is -1.14. The normalized spacial score (nSPS) is 17.1. The molecule has 16 heavy (non-hydrogen) atoms. The third kappa shape index (κ3) is 8.43. The molecule has 2 nitrogen and oxygen atoms in total. The second kappa shape index (κ2) is 10.4. The summed E-state index contributed by atoms with van der Waals surface area (Å²) in [4.78, 5) is 0. The van der Waals surface area contributed by atoms with E-state index in [0.29, 0.717) is 5.92 Å². The maximum absolute atomic E-state index is 11.1. The fourth-order valence-corrected chi connectivity index (χ4v) is 2.55.